The van der Waals surface area contributed by atoms with Crippen LogP contribution in [0.2, 0.25) is 0 Å². The molecule has 23 heavy (non-hydrogen) atoms. The summed E-state index contributed by atoms with van der Waals surface area (Å²) in [5, 5.41) is 3.83. The molecule has 1 fully saturated rings. The van der Waals surface area contributed by atoms with Crippen molar-refractivity contribution >= 4 is 5.82 Å². The molecule has 0 amide bonds. The van der Waals surface area contributed by atoms with Crippen LogP contribution in [0.15, 0.2) is 22.9 Å². The molecular formula is C14H16F3N5O. The van der Waals surface area contributed by atoms with Crippen molar-refractivity contribution in [3.05, 3.63) is 35.6 Å². The Labute approximate surface area is 130 Å². The van der Waals surface area contributed by atoms with E-state index >= 15 is 0 Å². The van der Waals surface area contributed by atoms with Gasteiger partial charge in [-0.15, -0.1) is 0 Å². The highest BCUT2D eigenvalue weighted by Crippen LogP contribution is 2.35. The van der Waals surface area contributed by atoms with E-state index in [-0.39, 0.29) is 5.82 Å². The highest BCUT2D eigenvalue weighted by Gasteiger charge is 2.36. The average molecular weight is 327 g/mol. The number of halogens is 3. The first-order valence-corrected chi connectivity index (χ1v) is 7.22. The molecule has 0 bridgehead atoms. The van der Waals surface area contributed by atoms with Crippen LogP contribution in [0.25, 0.3) is 0 Å². The van der Waals surface area contributed by atoms with Crippen LogP contribution in [-0.2, 0) is 12.7 Å². The number of aryl methyl sites for hydroxylation is 1. The Morgan fingerprint density at radius 2 is 1.96 bits per heavy atom. The van der Waals surface area contributed by atoms with Crippen molar-refractivity contribution in [2.75, 3.05) is 31.1 Å². The number of aromatic nitrogens is 3. The highest BCUT2D eigenvalue weighted by molar-refractivity contribution is 5.48. The lowest BCUT2D eigenvalue weighted by atomic mass is 10.2. The minimum Gasteiger partial charge on any atom is -0.354 e. The molecule has 0 aromatic carbocycles. The van der Waals surface area contributed by atoms with Gasteiger partial charge in [0.2, 0.25) is 5.89 Å². The average Bonchev–Trinajstić information content (AvgIpc) is 2.92. The molecular weight excluding hydrogens is 311 g/mol. The Morgan fingerprint density at radius 3 is 2.57 bits per heavy atom. The Kier molecular flexibility index (Phi) is 4.20. The van der Waals surface area contributed by atoms with Gasteiger partial charge in [-0.3, -0.25) is 4.90 Å². The fourth-order valence-corrected chi connectivity index (χ4v) is 2.59. The van der Waals surface area contributed by atoms with Crippen LogP contribution in [0.3, 0.4) is 0 Å². The number of hydrogen-bond acceptors (Lipinski definition) is 6. The maximum Gasteiger partial charge on any atom is 0.419 e. The van der Waals surface area contributed by atoms with E-state index < -0.39 is 11.7 Å². The molecule has 1 saturated heterocycles. The monoisotopic (exact) mass is 327 g/mol. The summed E-state index contributed by atoms with van der Waals surface area (Å²) in [6, 6.07) is 2.37. The predicted octanol–water partition coefficient (Wildman–Crippen LogP) is 2.11. The molecule has 0 unspecified atom stereocenters. The Hall–Kier alpha value is -2.16. The molecule has 9 heteroatoms. The van der Waals surface area contributed by atoms with Crippen LogP contribution in [0.1, 0.15) is 17.3 Å². The Balaban J connectivity index is 1.65. The molecule has 1 aliphatic rings. The van der Waals surface area contributed by atoms with Crippen molar-refractivity contribution in [2.24, 2.45) is 0 Å². The van der Waals surface area contributed by atoms with Crippen LogP contribution < -0.4 is 4.90 Å². The van der Waals surface area contributed by atoms with Crippen molar-refractivity contribution in [1.82, 2.24) is 20.0 Å². The maximum absolute atomic E-state index is 13.1. The van der Waals surface area contributed by atoms with Crippen LogP contribution >= 0.6 is 0 Å². The predicted molar refractivity (Wildman–Crippen MR) is 75.8 cm³/mol. The van der Waals surface area contributed by atoms with Crippen molar-refractivity contribution in [1.29, 1.82) is 0 Å². The lowest BCUT2D eigenvalue weighted by Crippen LogP contribution is -2.47. The van der Waals surface area contributed by atoms with E-state index in [2.05, 4.69) is 20.0 Å². The normalized spacial score (nSPS) is 16.8. The summed E-state index contributed by atoms with van der Waals surface area (Å²) in [5.74, 6) is 1.08. The van der Waals surface area contributed by atoms with Gasteiger partial charge in [0.05, 0.1) is 12.1 Å². The molecule has 0 radical (unpaired) electrons. The number of piperazine rings is 1. The second kappa shape index (κ2) is 6.15. The number of nitrogens with zero attached hydrogens (tertiary/aromatic N) is 5. The molecule has 3 rings (SSSR count). The van der Waals surface area contributed by atoms with Gasteiger partial charge in [-0.2, -0.15) is 18.2 Å². The third-order valence-electron chi connectivity index (χ3n) is 3.70. The van der Waals surface area contributed by atoms with Crippen molar-refractivity contribution in [3.8, 4) is 0 Å². The summed E-state index contributed by atoms with van der Waals surface area (Å²) < 4.78 is 44.1. The number of rotatable bonds is 3. The molecule has 2 aromatic heterocycles. The Bertz CT molecular complexity index is 664. The molecule has 2 aromatic rings. The topological polar surface area (TPSA) is 58.3 Å². The van der Waals surface area contributed by atoms with Gasteiger partial charge in [-0.25, -0.2) is 4.98 Å². The van der Waals surface area contributed by atoms with E-state index in [9.17, 15) is 13.2 Å². The van der Waals surface area contributed by atoms with Crippen LogP contribution in [-0.4, -0.2) is 46.2 Å². The molecule has 1 aliphatic heterocycles. The van der Waals surface area contributed by atoms with Crippen molar-refractivity contribution in [2.45, 2.75) is 19.6 Å². The zero-order valence-corrected chi connectivity index (χ0v) is 12.5. The zero-order chi connectivity index (χ0) is 16.4. The smallest absolute Gasteiger partial charge is 0.354 e. The first-order valence-electron chi connectivity index (χ1n) is 7.22. The van der Waals surface area contributed by atoms with E-state index in [1.54, 1.807) is 11.8 Å². The van der Waals surface area contributed by atoms with Gasteiger partial charge in [0.15, 0.2) is 5.82 Å². The molecule has 0 N–H and O–H groups in total. The first kappa shape index (κ1) is 15.7. The second-order valence-corrected chi connectivity index (χ2v) is 5.37. The number of hydrogen-bond donors (Lipinski definition) is 0. The van der Waals surface area contributed by atoms with Gasteiger partial charge in [0.1, 0.15) is 5.82 Å². The van der Waals surface area contributed by atoms with E-state index in [1.807, 2.05) is 0 Å². The van der Waals surface area contributed by atoms with Crippen LogP contribution in [0.4, 0.5) is 19.0 Å². The van der Waals surface area contributed by atoms with Crippen molar-refractivity contribution < 1.29 is 17.7 Å². The van der Waals surface area contributed by atoms with Crippen LogP contribution in [0, 0.1) is 6.92 Å². The summed E-state index contributed by atoms with van der Waals surface area (Å²) in [7, 11) is 0. The van der Waals surface area contributed by atoms with Crippen LogP contribution in [0.5, 0.6) is 0 Å². The fourth-order valence-electron chi connectivity index (χ4n) is 2.59. The first-order chi connectivity index (χ1) is 10.9. The fraction of sp³-hybridized carbons (Fsp3) is 0.500. The minimum absolute atomic E-state index is 0.00458. The standard InChI is InChI=1S/C14H16F3N5O/c1-10-19-12(20-23-10)9-21-5-7-22(8-6-21)13-11(14(15,16)17)3-2-4-18-13/h2-4H,5-9H2,1H3. The maximum atomic E-state index is 13.1. The lowest BCUT2D eigenvalue weighted by molar-refractivity contribution is -0.137. The molecule has 124 valence electrons. The van der Waals surface area contributed by atoms with Crippen molar-refractivity contribution in [3.63, 3.8) is 0 Å². The minimum atomic E-state index is -4.40. The van der Waals surface area contributed by atoms with Gasteiger partial charge in [-0.1, -0.05) is 5.16 Å². The SMILES string of the molecule is Cc1nc(CN2CCN(c3ncccc3C(F)(F)F)CC2)no1. The summed E-state index contributed by atoms with van der Waals surface area (Å²) in [6.07, 6.45) is -3.01. The largest absolute Gasteiger partial charge is 0.419 e. The molecule has 0 spiro atoms. The third kappa shape index (κ3) is 3.61. The van der Waals surface area contributed by atoms with E-state index in [4.69, 9.17) is 4.52 Å². The van der Waals surface area contributed by atoms with E-state index in [0.717, 1.165) is 6.07 Å². The van der Waals surface area contributed by atoms with Gasteiger partial charge in [0, 0.05) is 39.3 Å². The summed E-state index contributed by atoms with van der Waals surface area (Å²) in [6.45, 7) is 4.41. The molecule has 3 heterocycles. The van der Waals surface area contributed by atoms with E-state index in [0.29, 0.717) is 44.4 Å². The third-order valence-corrected chi connectivity index (χ3v) is 3.70. The Morgan fingerprint density at radius 1 is 1.22 bits per heavy atom. The van der Waals surface area contributed by atoms with Gasteiger partial charge >= 0.3 is 6.18 Å². The molecule has 0 saturated carbocycles. The van der Waals surface area contributed by atoms with Gasteiger partial charge < -0.3 is 9.42 Å². The number of anilines is 1. The van der Waals surface area contributed by atoms with Gasteiger partial charge in [-0.05, 0) is 12.1 Å². The summed E-state index contributed by atoms with van der Waals surface area (Å²) in [5.41, 5.74) is -0.692. The lowest BCUT2D eigenvalue weighted by Gasteiger charge is -2.35. The highest BCUT2D eigenvalue weighted by atomic mass is 19.4. The second-order valence-electron chi connectivity index (χ2n) is 5.37. The summed E-state index contributed by atoms with van der Waals surface area (Å²) >= 11 is 0. The quantitative estimate of drug-likeness (QED) is 0.861. The van der Waals surface area contributed by atoms with Gasteiger partial charge in [0.25, 0.3) is 0 Å². The zero-order valence-electron chi connectivity index (χ0n) is 12.5. The van der Waals surface area contributed by atoms with E-state index in [1.165, 1.54) is 12.3 Å². The molecule has 6 nitrogen and oxygen atoms in total. The number of pyridine rings is 1. The summed E-state index contributed by atoms with van der Waals surface area (Å²) in [4.78, 5) is 11.8. The molecule has 0 aliphatic carbocycles. The number of alkyl halides is 3. The molecule has 0 atom stereocenters.